The Morgan fingerprint density at radius 2 is 1.60 bits per heavy atom. The summed E-state index contributed by atoms with van der Waals surface area (Å²) < 4.78 is 26.2. The second-order valence-electron chi connectivity index (χ2n) is 8.26. The summed E-state index contributed by atoms with van der Waals surface area (Å²) in [6.45, 7) is 5.17. The van der Waals surface area contributed by atoms with Crippen LogP contribution in [-0.4, -0.2) is 50.0 Å². The molecule has 192 valence electrons. The number of hydrogen-bond donors (Lipinski definition) is 1. The maximum absolute atomic E-state index is 13.6. The number of benzene rings is 2. The standard InChI is InChI=1S/C24H30Cl3N3O4S/c1-5-16(3)28-24(32)22(6-2)29(14-17-7-12-20(26)21(27)13-17)23(31)15-30(35(4,33)34)19-10-8-18(25)9-11-19/h7-13,16,22H,5-6,14-15H2,1-4H3,(H,28,32)/t16-,22-/m1/s1. The molecule has 7 nitrogen and oxygen atoms in total. The van der Waals surface area contributed by atoms with E-state index in [4.69, 9.17) is 34.8 Å². The first-order valence-corrected chi connectivity index (χ1v) is 14.1. The number of hydrogen-bond acceptors (Lipinski definition) is 4. The van der Waals surface area contributed by atoms with Gasteiger partial charge in [0, 0.05) is 17.6 Å². The highest BCUT2D eigenvalue weighted by Gasteiger charge is 2.32. The predicted octanol–water partition coefficient (Wildman–Crippen LogP) is 5.13. The molecule has 11 heteroatoms. The van der Waals surface area contributed by atoms with Gasteiger partial charge in [0.15, 0.2) is 0 Å². The van der Waals surface area contributed by atoms with Gasteiger partial charge in [0.05, 0.1) is 22.0 Å². The SMILES string of the molecule is CC[C@@H](C)NC(=O)[C@@H](CC)N(Cc1ccc(Cl)c(Cl)c1)C(=O)CN(c1ccc(Cl)cc1)S(C)(=O)=O. The summed E-state index contributed by atoms with van der Waals surface area (Å²) in [5.74, 6) is -0.852. The lowest BCUT2D eigenvalue weighted by molar-refractivity contribution is -0.140. The van der Waals surface area contributed by atoms with E-state index in [9.17, 15) is 18.0 Å². The fourth-order valence-electron chi connectivity index (χ4n) is 3.42. The lowest BCUT2D eigenvalue weighted by atomic mass is 10.1. The third kappa shape index (κ3) is 8.27. The normalized spacial score (nSPS) is 13.1. The molecule has 1 N–H and O–H groups in total. The van der Waals surface area contributed by atoms with E-state index in [1.807, 2.05) is 13.8 Å². The fourth-order valence-corrected chi connectivity index (χ4v) is 4.71. The average Bonchev–Trinajstić information content (AvgIpc) is 2.79. The Kier molecular flexibility index (Phi) is 10.7. The highest BCUT2D eigenvalue weighted by molar-refractivity contribution is 7.92. The van der Waals surface area contributed by atoms with E-state index >= 15 is 0 Å². The molecule has 0 aliphatic rings. The van der Waals surface area contributed by atoms with Gasteiger partial charge in [-0.2, -0.15) is 0 Å². The number of nitrogens with zero attached hydrogens (tertiary/aromatic N) is 2. The molecular weight excluding hydrogens is 533 g/mol. The quantitative estimate of drug-likeness (QED) is 0.411. The number of carbonyl (C=O) groups is 2. The number of anilines is 1. The van der Waals surface area contributed by atoms with Crippen LogP contribution >= 0.6 is 34.8 Å². The van der Waals surface area contributed by atoms with Crippen LogP contribution in [0.2, 0.25) is 15.1 Å². The molecule has 0 saturated heterocycles. The third-order valence-electron chi connectivity index (χ3n) is 5.52. The maximum Gasteiger partial charge on any atom is 0.244 e. The van der Waals surface area contributed by atoms with Gasteiger partial charge in [-0.3, -0.25) is 13.9 Å². The zero-order valence-electron chi connectivity index (χ0n) is 20.1. The van der Waals surface area contributed by atoms with E-state index in [0.29, 0.717) is 27.1 Å². The Morgan fingerprint density at radius 1 is 0.971 bits per heavy atom. The Labute approximate surface area is 222 Å². The largest absolute Gasteiger partial charge is 0.352 e. The Bertz CT molecular complexity index is 1140. The third-order valence-corrected chi connectivity index (χ3v) is 7.65. The summed E-state index contributed by atoms with van der Waals surface area (Å²) >= 11 is 18.1. The molecule has 2 rings (SSSR count). The minimum Gasteiger partial charge on any atom is -0.352 e. The van der Waals surface area contributed by atoms with Gasteiger partial charge in [0.2, 0.25) is 21.8 Å². The molecule has 0 aromatic heterocycles. The van der Waals surface area contributed by atoms with Crippen molar-refractivity contribution in [3.05, 3.63) is 63.1 Å². The van der Waals surface area contributed by atoms with E-state index in [2.05, 4.69) is 5.32 Å². The van der Waals surface area contributed by atoms with Crippen LogP contribution in [0, 0.1) is 0 Å². The van der Waals surface area contributed by atoms with Crippen LogP contribution in [0.25, 0.3) is 0 Å². The number of carbonyl (C=O) groups excluding carboxylic acids is 2. The van der Waals surface area contributed by atoms with Crippen LogP contribution in [0.4, 0.5) is 5.69 Å². The summed E-state index contributed by atoms with van der Waals surface area (Å²) in [5.41, 5.74) is 0.941. The average molecular weight is 563 g/mol. The fraction of sp³-hybridized carbons (Fsp3) is 0.417. The summed E-state index contributed by atoms with van der Waals surface area (Å²) in [5, 5.41) is 4.02. The maximum atomic E-state index is 13.6. The van der Waals surface area contributed by atoms with Gasteiger partial charge in [0.25, 0.3) is 0 Å². The van der Waals surface area contributed by atoms with E-state index in [0.717, 1.165) is 17.0 Å². The van der Waals surface area contributed by atoms with E-state index in [-0.39, 0.29) is 24.2 Å². The van der Waals surface area contributed by atoms with Gasteiger partial charge in [0.1, 0.15) is 12.6 Å². The molecule has 0 fully saturated rings. The summed E-state index contributed by atoms with van der Waals surface area (Å²) in [6.07, 6.45) is 2.07. The van der Waals surface area contributed by atoms with Crippen molar-refractivity contribution in [1.29, 1.82) is 0 Å². The molecule has 2 aromatic carbocycles. The van der Waals surface area contributed by atoms with Gasteiger partial charge in [-0.1, -0.05) is 54.7 Å². The molecule has 0 radical (unpaired) electrons. The topological polar surface area (TPSA) is 86.8 Å². The van der Waals surface area contributed by atoms with Crippen LogP contribution in [0.3, 0.4) is 0 Å². The van der Waals surface area contributed by atoms with Crippen LogP contribution in [0.15, 0.2) is 42.5 Å². The lowest BCUT2D eigenvalue weighted by Crippen LogP contribution is -2.53. The molecule has 0 unspecified atom stereocenters. The highest BCUT2D eigenvalue weighted by atomic mass is 35.5. The van der Waals surface area contributed by atoms with Crippen LogP contribution in [-0.2, 0) is 26.2 Å². The van der Waals surface area contributed by atoms with Crippen LogP contribution in [0.5, 0.6) is 0 Å². The number of nitrogens with one attached hydrogen (secondary N) is 1. The number of sulfonamides is 1. The molecular formula is C24H30Cl3N3O4S. The van der Waals surface area contributed by atoms with Crippen molar-refractivity contribution < 1.29 is 18.0 Å². The molecule has 0 heterocycles. The zero-order valence-corrected chi connectivity index (χ0v) is 23.2. The van der Waals surface area contributed by atoms with Crippen molar-refractivity contribution in [1.82, 2.24) is 10.2 Å². The molecule has 35 heavy (non-hydrogen) atoms. The Balaban J connectivity index is 2.45. The highest BCUT2D eigenvalue weighted by Crippen LogP contribution is 2.25. The molecule has 2 atom stereocenters. The van der Waals surface area contributed by atoms with Crippen molar-refractivity contribution in [3.8, 4) is 0 Å². The van der Waals surface area contributed by atoms with Crippen molar-refractivity contribution in [2.45, 2.75) is 52.2 Å². The molecule has 2 amide bonds. The van der Waals surface area contributed by atoms with Gasteiger partial charge < -0.3 is 10.2 Å². The molecule has 0 spiro atoms. The van der Waals surface area contributed by atoms with E-state index in [1.54, 1.807) is 37.3 Å². The number of halogens is 3. The second-order valence-corrected chi connectivity index (χ2v) is 11.4. The van der Waals surface area contributed by atoms with Crippen molar-refractivity contribution in [2.75, 3.05) is 17.1 Å². The zero-order chi connectivity index (χ0) is 26.3. The summed E-state index contributed by atoms with van der Waals surface area (Å²) in [6, 6.07) is 10.2. The van der Waals surface area contributed by atoms with E-state index in [1.165, 1.54) is 17.0 Å². The molecule has 0 aliphatic heterocycles. The first-order valence-electron chi connectivity index (χ1n) is 11.1. The van der Waals surface area contributed by atoms with E-state index < -0.39 is 28.5 Å². The first-order chi connectivity index (χ1) is 16.4. The summed E-state index contributed by atoms with van der Waals surface area (Å²) in [4.78, 5) is 28.1. The molecule has 0 saturated carbocycles. The number of rotatable bonds is 11. The molecule has 2 aromatic rings. The molecule has 0 bridgehead atoms. The minimum atomic E-state index is -3.82. The van der Waals surface area contributed by atoms with Crippen LogP contribution in [0.1, 0.15) is 39.2 Å². The Hall–Kier alpha value is -2.00. The van der Waals surface area contributed by atoms with Gasteiger partial charge in [-0.15, -0.1) is 0 Å². The van der Waals surface area contributed by atoms with Gasteiger partial charge in [-0.05, 0) is 61.7 Å². The number of amides is 2. The Morgan fingerprint density at radius 3 is 2.11 bits per heavy atom. The van der Waals surface area contributed by atoms with Crippen molar-refractivity contribution in [2.24, 2.45) is 0 Å². The summed E-state index contributed by atoms with van der Waals surface area (Å²) in [7, 11) is -3.82. The van der Waals surface area contributed by atoms with Gasteiger partial charge >= 0.3 is 0 Å². The first kappa shape index (κ1) is 29.2. The minimum absolute atomic E-state index is 0.0420. The molecule has 0 aliphatic carbocycles. The van der Waals surface area contributed by atoms with Gasteiger partial charge in [-0.25, -0.2) is 8.42 Å². The van der Waals surface area contributed by atoms with Crippen molar-refractivity contribution >= 4 is 62.3 Å². The smallest absolute Gasteiger partial charge is 0.244 e. The monoisotopic (exact) mass is 561 g/mol. The van der Waals surface area contributed by atoms with Crippen molar-refractivity contribution in [3.63, 3.8) is 0 Å². The van der Waals surface area contributed by atoms with Crippen LogP contribution < -0.4 is 9.62 Å². The second kappa shape index (κ2) is 12.8. The lowest BCUT2D eigenvalue weighted by Gasteiger charge is -2.33. The predicted molar refractivity (Wildman–Crippen MR) is 143 cm³/mol.